The van der Waals surface area contributed by atoms with Crippen molar-refractivity contribution >= 4 is 5.91 Å². The predicted octanol–water partition coefficient (Wildman–Crippen LogP) is -0.534. The average Bonchev–Trinajstić information content (AvgIpc) is 2.24. The van der Waals surface area contributed by atoms with Crippen LogP contribution in [0.1, 0.15) is 11.6 Å². The number of likely N-dealkylation sites (tertiary alicyclic amines) is 1. The van der Waals surface area contributed by atoms with Crippen LogP contribution in [0.2, 0.25) is 0 Å². The second-order valence-corrected chi connectivity index (χ2v) is 4.23. The smallest absolute Gasteiger partial charge is 0.227 e. The Labute approximate surface area is 98.1 Å². The number of primary amides is 1. The molecule has 0 spiro atoms. The highest BCUT2D eigenvalue weighted by molar-refractivity contribution is 5.81. The number of pyridine rings is 1. The maximum atomic E-state index is 12.7. The lowest BCUT2D eigenvalue weighted by atomic mass is 10.0. The number of carbonyl (C=O) groups is 1. The zero-order valence-electron chi connectivity index (χ0n) is 9.21. The van der Waals surface area contributed by atoms with E-state index in [0.29, 0.717) is 25.3 Å². The average molecular weight is 239 g/mol. The fourth-order valence-electron chi connectivity index (χ4n) is 1.87. The Morgan fingerprint density at radius 3 is 2.82 bits per heavy atom. The van der Waals surface area contributed by atoms with E-state index < -0.39 is 17.6 Å². The molecule has 1 unspecified atom stereocenters. The van der Waals surface area contributed by atoms with Crippen LogP contribution >= 0.6 is 0 Å². The number of rotatable bonds is 4. The van der Waals surface area contributed by atoms with Gasteiger partial charge in [0.2, 0.25) is 5.91 Å². The van der Waals surface area contributed by atoms with Gasteiger partial charge in [-0.05, 0) is 12.1 Å². The highest BCUT2D eigenvalue weighted by Crippen LogP contribution is 2.18. The number of aromatic nitrogens is 1. The molecule has 1 amide bonds. The summed E-state index contributed by atoms with van der Waals surface area (Å²) in [6.07, 6.45) is 0.737. The molecule has 6 heteroatoms. The zero-order valence-corrected chi connectivity index (χ0v) is 9.21. The van der Waals surface area contributed by atoms with E-state index in [1.54, 1.807) is 0 Å². The van der Waals surface area contributed by atoms with Gasteiger partial charge in [-0.2, -0.15) is 0 Å². The molecule has 92 valence electrons. The molecule has 1 atom stereocenters. The van der Waals surface area contributed by atoms with Gasteiger partial charge in [0.05, 0.1) is 23.9 Å². The van der Waals surface area contributed by atoms with Crippen molar-refractivity contribution in [3.63, 3.8) is 0 Å². The van der Waals surface area contributed by atoms with Crippen LogP contribution < -0.4 is 5.73 Å². The molecule has 0 radical (unpaired) electrons. The van der Waals surface area contributed by atoms with Gasteiger partial charge in [0, 0.05) is 19.6 Å². The van der Waals surface area contributed by atoms with Crippen LogP contribution in [-0.4, -0.2) is 46.6 Å². The molecule has 2 heterocycles. The van der Waals surface area contributed by atoms with Crippen LogP contribution in [0.25, 0.3) is 0 Å². The van der Waals surface area contributed by atoms with Gasteiger partial charge >= 0.3 is 0 Å². The Kier molecular flexibility index (Phi) is 3.35. The van der Waals surface area contributed by atoms with Crippen molar-refractivity contribution in [2.24, 2.45) is 5.73 Å². The second-order valence-electron chi connectivity index (χ2n) is 4.23. The molecule has 17 heavy (non-hydrogen) atoms. The number of halogens is 1. The maximum absolute atomic E-state index is 12.7. The minimum atomic E-state index is -0.567. The van der Waals surface area contributed by atoms with Crippen LogP contribution in [0.4, 0.5) is 4.39 Å². The molecule has 0 aliphatic carbocycles. The summed E-state index contributed by atoms with van der Waals surface area (Å²) in [7, 11) is 0. The van der Waals surface area contributed by atoms with Crippen molar-refractivity contribution in [1.82, 2.24) is 9.88 Å². The topological polar surface area (TPSA) is 79.5 Å². The van der Waals surface area contributed by atoms with Crippen LogP contribution in [0.3, 0.4) is 0 Å². The fourth-order valence-corrected chi connectivity index (χ4v) is 1.87. The van der Waals surface area contributed by atoms with Crippen molar-refractivity contribution in [2.45, 2.75) is 12.0 Å². The lowest BCUT2D eigenvalue weighted by molar-refractivity contribution is -0.120. The summed E-state index contributed by atoms with van der Waals surface area (Å²) in [6, 6.07) is 2.71. The summed E-state index contributed by atoms with van der Waals surface area (Å²) >= 11 is 0. The Morgan fingerprint density at radius 1 is 1.65 bits per heavy atom. The molecule has 1 aromatic heterocycles. The number of nitrogens with zero attached hydrogens (tertiary/aromatic N) is 2. The Morgan fingerprint density at radius 2 is 2.35 bits per heavy atom. The molecular weight excluding hydrogens is 225 g/mol. The SMILES string of the molecule is NC(=O)C(CN1CC(O)C1)c1ccc(F)cn1. The van der Waals surface area contributed by atoms with E-state index in [-0.39, 0.29) is 6.10 Å². The molecule has 5 nitrogen and oxygen atoms in total. The van der Waals surface area contributed by atoms with Crippen molar-refractivity contribution in [3.05, 3.63) is 29.8 Å². The fraction of sp³-hybridized carbons (Fsp3) is 0.455. The molecule has 1 aromatic rings. The normalized spacial score (nSPS) is 18.7. The second kappa shape index (κ2) is 4.77. The molecular formula is C11H14FN3O2. The van der Waals surface area contributed by atoms with E-state index in [4.69, 9.17) is 10.8 Å². The summed E-state index contributed by atoms with van der Waals surface area (Å²) in [4.78, 5) is 17.1. The van der Waals surface area contributed by atoms with Gasteiger partial charge in [0.25, 0.3) is 0 Å². The Bertz CT molecular complexity index is 404. The molecule has 1 aliphatic heterocycles. The summed E-state index contributed by atoms with van der Waals surface area (Å²) in [5, 5.41) is 9.15. The largest absolute Gasteiger partial charge is 0.390 e. The third kappa shape index (κ3) is 2.78. The number of aliphatic hydroxyl groups excluding tert-OH is 1. The van der Waals surface area contributed by atoms with Gasteiger partial charge in [-0.3, -0.25) is 14.7 Å². The van der Waals surface area contributed by atoms with Crippen LogP contribution in [0, 0.1) is 5.82 Å². The zero-order chi connectivity index (χ0) is 12.4. The first-order valence-electron chi connectivity index (χ1n) is 5.37. The molecule has 0 bridgehead atoms. The van der Waals surface area contributed by atoms with Crippen LogP contribution in [0.15, 0.2) is 18.3 Å². The first-order chi connectivity index (χ1) is 8.06. The summed E-state index contributed by atoms with van der Waals surface area (Å²) in [5.74, 6) is -1.51. The number of hydrogen-bond acceptors (Lipinski definition) is 4. The summed E-state index contributed by atoms with van der Waals surface area (Å²) < 4.78 is 12.7. The van der Waals surface area contributed by atoms with E-state index in [1.165, 1.54) is 12.1 Å². The van der Waals surface area contributed by atoms with Gasteiger partial charge in [0.15, 0.2) is 0 Å². The molecule has 2 rings (SSSR count). The minimum Gasteiger partial charge on any atom is -0.390 e. The number of amides is 1. The number of carbonyl (C=O) groups excluding carboxylic acids is 1. The van der Waals surface area contributed by atoms with E-state index in [1.807, 2.05) is 4.90 Å². The quantitative estimate of drug-likeness (QED) is 0.740. The summed E-state index contributed by atoms with van der Waals surface area (Å²) in [5.41, 5.74) is 5.77. The molecule has 1 fully saturated rings. The first-order valence-corrected chi connectivity index (χ1v) is 5.37. The molecule has 1 saturated heterocycles. The Balaban J connectivity index is 2.06. The van der Waals surface area contributed by atoms with E-state index in [9.17, 15) is 9.18 Å². The van der Waals surface area contributed by atoms with Gasteiger partial charge < -0.3 is 10.8 Å². The van der Waals surface area contributed by atoms with Crippen molar-refractivity contribution < 1.29 is 14.3 Å². The van der Waals surface area contributed by atoms with Crippen LogP contribution in [-0.2, 0) is 4.79 Å². The first kappa shape index (κ1) is 11.9. The number of aliphatic hydroxyl groups is 1. The van der Waals surface area contributed by atoms with Gasteiger partial charge in [-0.15, -0.1) is 0 Å². The third-order valence-corrected chi connectivity index (χ3v) is 2.83. The monoisotopic (exact) mass is 239 g/mol. The highest BCUT2D eigenvalue weighted by Gasteiger charge is 2.30. The van der Waals surface area contributed by atoms with Crippen molar-refractivity contribution in [3.8, 4) is 0 Å². The standard InChI is InChI=1S/C11H14FN3O2/c12-7-1-2-10(14-3-7)9(11(13)17)6-15-4-8(16)5-15/h1-3,8-9,16H,4-6H2,(H2,13,17). The molecule has 0 saturated carbocycles. The number of β-amino-alcohol motifs (C(OH)–C–C–N with tert-alkyl or cyclic N) is 1. The third-order valence-electron chi connectivity index (χ3n) is 2.83. The van der Waals surface area contributed by atoms with E-state index in [0.717, 1.165) is 6.20 Å². The van der Waals surface area contributed by atoms with Crippen molar-refractivity contribution in [2.75, 3.05) is 19.6 Å². The molecule has 0 aromatic carbocycles. The van der Waals surface area contributed by atoms with Crippen LogP contribution in [0.5, 0.6) is 0 Å². The van der Waals surface area contributed by atoms with E-state index in [2.05, 4.69) is 4.98 Å². The number of hydrogen-bond donors (Lipinski definition) is 2. The van der Waals surface area contributed by atoms with Crippen molar-refractivity contribution in [1.29, 1.82) is 0 Å². The lowest BCUT2D eigenvalue weighted by Gasteiger charge is -2.37. The van der Waals surface area contributed by atoms with E-state index >= 15 is 0 Å². The number of nitrogens with two attached hydrogens (primary N) is 1. The predicted molar refractivity (Wildman–Crippen MR) is 58.6 cm³/mol. The highest BCUT2D eigenvalue weighted by atomic mass is 19.1. The minimum absolute atomic E-state index is 0.329. The lowest BCUT2D eigenvalue weighted by Crippen LogP contribution is -2.53. The molecule has 3 N–H and O–H groups in total. The Hall–Kier alpha value is -1.53. The van der Waals surface area contributed by atoms with Gasteiger partial charge in [-0.1, -0.05) is 0 Å². The summed E-state index contributed by atoms with van der Waals surface area (Å²) in [6.45, 7) is 1.47. The molecule has 1 aliphatic rings. The van der Waals surface area contributed by atoms with Gasteiger partial charge in [-0.25, -0.2) is 4.39 Å². The van der Waals surface area contributed by atoms with Gasteiger partial charge in [0.1, 0.15) is 5.82 Å². The maximum Gasteiger partial charge on any atom is 0.227 e.